The van der Waals surface area contributed by atoms with Gasteiger partial charge in [-0.05, 0) is 24.1 Å². The van der Waals surface area contributed by atoms with Crippen molar-refractivity contribution in [3.63, 3.8) is 0 Å². The normalized spacial score (nSPS) is 12.8. The van der Waals surface area contributed by atoms with Crippen molar-refractivity contribution in [2.45, 2.75) is 44.6 Å². The molecule has 0 radical (unpaired) electrons. The van der Waals surface area contributed by atoms with E-state index in [-0.39, 0.29) is 12.2 Å². The van der Waals surface area contributed by atoms with E-state index in [2.05, 4.69) is 30.9 Å². The maximum absolute atomic E-state index is 12.8. The van der Waals surface area contributed by atoms with E-state index in [1.54, 1.807) is 24.3 Å². The Kier molecular flexibility index (Phi) is 10.7. The topological polar surface area (TPSA) is 94.2 Å². The number of carbonyl (C=O) groups is 1. The molecule has 1 aromatic rings. The molecular formula is C21H36N2O6SSi. The molecule has 176 valence electrons. The lowest BCUT2D eigenvalue weighted by atomic mass is 10.0. The number of amides is 1. The second-order valence-electron chi connectivity index (χ2n) is 8.42. The Morgan fingerprint density at radius 3 is 2.52 bits per heavy atom. The van der Waals surface area contributed by atoms with Crippen molar-refractivity contribution in [3.8, 4) is 11.5 Å². The third kappa shape index (κ3) is 9.85. The summed E-state index contributed by atoms with van der Waals surface area (Å²) >= 11 is 0. The van der Waals surface area contributed by atoms with Crippen LogP contribution in [-0.2, 0) is 26.1 Å². The van der Waals surface area contributed by atoms with Crippen LogP contribution in [0, 0.1) is 0 Å². The molecule has 10 heteroatoms. The molecule has 0 bridgehead atoms. The van der Waals surface area contributed by atoms with Gasteiger partial charge in [0, 0.05) is 27.6 Å². The highest BCUT2D eigenvalue weighted by Crippen LogP contribution is 2.26. The number of nitrogens with zero attached hydrogens (tertiary/aromatic N) is 1. The summed E-state index contributed by atoms with van der Waals surface area (Å²) < 4.78 is 39.0. The summed E-state index contributed by atoms with van der Waals surface area (Å²) in [7, 11) is -0.907. The van der Waals surface area contributed by atoms with Crippen LogP contribution >= 0.6 is 0 Å². The first-order valence-corrected chi connectivity index (χ1v) is 15.5. The zero-order chi connectivity index (χ0) is 23.7. The van der Waals surface area contributed by atoms with Gasteiger partial charge in [0.15, 0.2) is 0 Å². The van der Waals surface area contributed by atoms with E-state index < -0.39 is 30.0 Å². The monoisotopic (exact) mass is 472 g/mol. The molecule has 8 nitrogen and oxygen atoms in total. The Morgan fingerprint density at radius 2 is 1.97 bits per heavy atom. The number of likely N-dealkylation sites (N-methyl/N-ethyl adjacent to an activating group) is 1. The van der Waals surface area contributed by atoms with E-state index in [1.165, 1.54) is 21.3 Å². The standard InChI is InChI=1S/C21H36N2O6SSi/c1-8-9-12-29-18-11-10-17(20(16-18)27-3)15-19(21(24)23(2)28-4)22-30(25,26)13-14-31(5,6)7/h8,10-11,16,19,22H,1,9,12-15H2,2-7H3. The van der Waals surface area contributed by atoms with E-state index in [0.29, 0.717) is 36.1 Å². The number of methoxy groups -OCH3 is 1. The Labute approximate surface area is 187 Å². The maximum Gasteiger partial charge on any atom is 0.264 e. The lowest BCUT2D eigenvalue weighted by Gasteiger charge is -2.24. The highest BCUT2D eigenvalue weighted by atomic mass is 32.2. The van der Waals surface area contributed by atoms with Crippen LogP contribution < -0.4 is 14.2 Å². The van der Waals surface area contributed by atoms with Gasteiger partial charge in [-0.2, -0.15) is 0 Å². The van der Waals surface area contributed by atoms with Gasteiger partial charge in [0.05, 0.1) is 26.6 Å². The Balaban J connectivity index is 3.10. The van der Waals surface area contributed by atoms with Gasteiger partial charge in [-0.3, -0.25) is 9.63 Å². The molecule has 0 heterocycles. The molecule has 1 rings (SSSR count). The molecule has 0 saturated carbocycles. The fraction of sp³-hybridized carbons (Fsp3) is 0.571. The number of sulfonamides is 1. The first-order chi connectivity index (χ1) is 14.4. The van der Waals surface area contributed by atoms with Gasteiger partial charge in [-0.1, -0.05) is 31.8 Å². The van der Waals surface area contributed by atoms with E-state index in [9.17, 15) is 13.2 Å². The summed E-state index contributed by atoms with van der Waals surface area (Å²) in [6, 6.07) is 4.83. The van der Waals surface area contributed by atoms with Crippen molar-refractivity contribution in [2.24, 2.45) is 0 Å². The van der Waals surface area contributed by atoms with Crippen molar-refractivity contribution < 1.29 is 27.5 Å². The Morgan fingerprint density at radius 1 is 1.29 bits per heavy atom. The number of benzene rings is 1. The molecule has 0 saturated heterocycles. The summed E-state index contributed by atoms with van der Waals surface area (Å²) in [6.45, 7) is 10.5. The van der Waals surface area contributed by atoms with Crippen LogP contribution in [0.4, 0.5) is 0 Å². The van der Waals surface area contributed by atoms with Crippen LogP contribution in [0.5, 0.6) is 11.5 Å². The van der Waals surface area contributed by atoms with Gasteiger partial charge in [-0.15, -0.1) is 6.58 Å². The largest absolute Gasteiger partial charge is 0.496 e. The molecule has 0 spiro atoms. The molecule has 31 heavy (non-hydrogen) atoms. The van der Waals surface area contributed by atoms with Gasteiger partial charge >= 0.3 is 0 Å². The van der Waals surface area contributed by atoms with Crippen molar-refractivity contribution in [1.29, 1.82) is 0 Å². The second kappa shape index (κ2) is 12.2. The summed E-state index contributed by atoms with van der Waals surface area (Å²) in [5, 5.41) is 1.02. The lowest BCUT2D eigenvalue weighted by Crippen LogP contribution is -2.49. The highest BCUT2D eigenvalue weighted by Gasteiger charge is 2.29. The first kappa shape index (κ1) is 27.2. The number of ether oxygens (including phenoxy) is 2. The smallest absolute Gasteiger partial charge is 0.264 e. The number of hydrogen-bond donors (Lipinski definition) is 1. The summed E-state index contributed by atoms with van der Waals surface area (Å²) in [5.74, 6) is 0.619. The van der Waals surface area contributed by atoms with Crippen LogP contribution in [0.2, 0.25) is 25.7 Å². The molecular weight excluding hydrogens is 436 g/mol. The molecule has 1 N–H and O–H groups in total. The number of hydroxylamine groups is 2. The van der Waals surface area contributed by atoms with Crippen LogP contribution in [0.1, 0.15) is 12.0 Å². The minimum absolute atomic E-state index is 0.0174. The molecule has 1 atom stereocenters. The first-order valence-electron chi connectivity index (χ1n) is 10.1. The van der Waals surface area contributed by atoms with Crippen molar-refractivity contribution in [3.05, 3.63) is 36.4 Å². The third-order valence-electron chi connectivity index (χ3n) is 4.60. The van der Waals surface area contributed by atoms with Gasteiger partial charge in [0.2, 0.25) is 10.0 Å². The zero-order valence-corrected chi connectivity index (χ0v) is 21.3. The molecule has 0 aliphatic rings. The van der Waals surface area contributed by atoms with E-state index in [0.717, 1.165) is 5.06 Å². The number of carbonyl (C=O) groups excluding carboxylic acids is 1. The van der Waals surface area contributed by atoms with Gasteiger partial charge in [0.1, 0.15) is 17.5 Å². The molecule has 0 aliphatic heterocycles. The average Bonchev–Trinajstić information content (AvgIpc) is 2.71. The van der Waals surface area contributed by atoms with E-state index in [4.69, 9.17) is 14.3 Å². The Bertz CT molecular complexity index is 839. The predicted molar refractivity (Wildman–Crippen MR) is 126 cm³/mol. The molecule has 0 fully saturated rings. The van der Waals surface area contributed by atoms with Crippen LogP contribution in [0.25, 0.3) is 0 Å². The Hall–Kier alpha value is -1.88. The minimum Gasteiger partial charge on any atom is -0.496 e. The fourth-order valence-electron chi connectivity index (χ4n) is 2.67. The van der Waals surface area contributed by atoms with Crippen molar-refractivity contribution in [2.75, 3.05) is 33.6 Å². The zero-order valence-electron chi connectivity index (χ0n) is 19.4. The number of nitrogens with one attached hydrogen (secondary N) is 1. The van der Waals surface area contributed by atoms with E-state index in [1.807, 2.05) is 0 Å². The molecule has 1 amide bonds. The third-order valence-corrected chi connectivity index (χ3v) is 8.10. The number of hydrogen-bond acceptors (Lipinski definition) is 6. The molecule has 0 aliphatic carbocycles. The quantitative estimate of drug-likeness (QED) is 0.194. The fourth-order valence-corrected chi connectivity index (χ4v) is 6.93. The average molecular weight is 473 g/mol. The van der Waals surface area contributed by atoms with Gasteiger partial charge in [0.25, 0.3) is 5.91 Å². The predicted octanol–water partition coefficient (Wildman–Crippen LogP) is 2.84. The van der Waals surface area contributed by atoms with Crippen LogP contribution in [0.3, 0.4) is 0 Å². The summed E-state index contributed by atoms with van der Waals surface area (Å²) in [5.41, 5.74) is 0.675. The number of rotatable bonds is 14. The van der Waals surface area contributed by atoms with Gasteiger partial charge < -0.3 is 9.47 Å². The van der Waals surface area contributed by atoms with Crippen molar-refractivity contribution >= 4 is 24.0 Å². The summed E-state index contributed by atoms with van der Waals surface area (Å²) in [4.78, 5) is 17.8. The SMILES string of the molecule is C=CCCOc1ccc(CC(NS(=O)(=O)CC[Si](C)(C)C)C(=O)N(C)OC)c(OC)c1. The second-order valence-corrected chi connectivity index (χ2v) is 15.9. The van der Waals surface area contributed by atoms with E-state index >= 15 is 0 Å². The summed E-state index contributed by atoms with van der Waals surface area (Å²) in [6.07, 6.45) is 2.58. The molecule has 0 aromatic heterocycles. The van der Waals surface area contributed by atoms with Crippen molar-refractivity contribution in [1.82, 2.24) is 9.79 Å². The van der Waals surface area contributed by atoms with Gasteiger partial charge in [-0.25, -0.2) is 18.2 Å². The lowest BCUT2D eigenvalue weighted by molar-refractivity contribution is -0.170. The van der Waals surface area contributed by atoms with Crippen LogP contribution in [0.15, 0.2) is 30.9 Å². The maximum atomic E-state index is 12.8. The molecule has 1 aromatic carbocycles. The van der Waals surface area contributed by atoms with Crippen LogP contribution in [-0.4, -0.2) is 67.1 Å². The highest BCUT2D eigenvalue weighted by molar-refractivity contribution is 7.89. The molecule has 1 unspecified atom stereocenters. The minimum atomic E-state index is -3.66.